The third-order valence-corrected chi connectivity index (χ3v) is 3.53. The Bertz CT molecular complexity index is 558. The molecule has 6 nitrogen and oxygen atoms in total. The summed E-state index contributed by atoms with van der Waals surface area (Å²) in [7, 11) is 0. The minimum atomic E-state index is -1.01. The first-order valence-corrected chi connectivity index (χ1v) is 7.07. The van der Waals surface area contributed by atoms with Crippen LogP contribution >= 0.6 is 23.1 Å². The Morgan fingerprint density at radius 3 is 3.06 bits per heavy atom. The van der Waals surface area contributed by atoms with Gasteiger partial charge in [0.25, 0.3) is 0 Å². The lowest BCUT2D eigenvalue weighted by molar-refractivity contribution is 0.0691. The summed E-state index contributed by atoms with van der Waals surface area (Å²) in [5, 5.41) is 14.9. The smallest absolute Gasteiger partial charge is 0.355 e. The van der Waals surface area contributed by atoms with Crippen LogP contribution in [0.15, 0.2) is 22.8 Å². The number of nitrogens with one attached hydrogen (secondary N) is 1. The van der Waals surface area contributed by atoms with Gasteiger partial charge in [0.15, 0.2) is 5.69 Å². The van der Waals surface area contributed by atoms with E-state index < -0.39 is 5.97 Å². The van der Waals surface area contributed by atoms with Crippen molar-refractivity contribution < 1.29 is 9.90 Å². The number of carboxylic acid groups (broad SMARTS) is 1. The average molecular weight is 282 g/mol. The number of hydrogen-bond acceptors (Lipinski definition) is 7. The van der Waals surface area contributed by atoms with Gasteiger partial charge in [-0.3, -0.25) is 0 Å². The lowest BCUT2D eigenvalue weighted by atomic mass is 10.5. The van der Waals surface area contributed by atoms with Crippen molar-refractivity contribution in [1.82, 2.24) is 15.0 Å². The number of aromatic carboxylic acids is 1. The zero-order valence-electron chi connectivity index (χ0n) is 9.45. The molecule has 2 heterocycles. The van der Waals surface area contributed by atoms with E-state index in [0.29, 0.717) is 17.4 Å². The van der Waals surface area contributed by atoms with Crippen LogP contribution in [0.4, 0.5) is 5.82 Å². The highest BCUT2D eigenvalue weighted by Gasteiger charge is 2.08. The topological polar surface area (TPSA) is 88.0 Å². The summed E-state index contributed by atoms with van der Waals surface area (Å²) < 4.78 is 0. The molecule has 2 rings (SSSR count). The van der Waals surface area contributed by atoms with Crippen LogP contribution < -0.4 is 5.32 Å². The van der Waals surface area contributed by atoms with Crippen LogP contribution in [0.25, 0.3) is 0 Å². The minimum absolute atomic E-state index is 0.0734. The van der Waals surface area contributed by atoms with E-state index >= 15 is 0 Å². The van der Waals surface area contributed by atoms with Gasteiger partial charge in [0.2, 0.25) is 0 Å². The summed E-state index contributed by atoms with van der Waals surface area (Å²) in [5.41, 5.74) is 0.0734. The number of rotatable bonds is 5. The summed E-state index contributed by atoms with van der Waals surface area (Å²) >= 11 is 2.83. The predicted octanol–water partition coefficient (Wildman–Crippen LogP) is 1.97. The molecule has 0 atom stereocenters. The van der Waals surface area contributed by atoms with Gasteiger partial charge in [-0.15, -0.1) is 23.1 Å². The normalized spacial score (nSPS) is 10.3. The van der Waals surface area contributed by atoms with Crippen LogP contribution in [0.5, 0.6) is 0 Å². The van der Waals surface area contributed by atoms with Crippen LogP contribution in [0.2, 0.25) is 0 Å². The highest BCUT2D eigenvalue weighted by atomic mass is 32.2. The molecule has 0 amide bonds. The molecule has 0 aliphatic carbocycles. The number of carbonyl (C=O) groups is 1. The molecular formula is C10H10N4O2S2. The van der Waals surface area contributed by atoms with Gasteiger partial charge < -0.3 is 10.4 Å². The SMILES string of the molecule is CSc1cc(NCc2nc(C(=O)O)cs2)ncn1. The predicted molar refractivity (Wildman–Crippen MR) is 70.2 cm³/mol. The van der Waals surface area contributed by atoms with Crippen molar-refractivity contribution in [3.05, 3.63) is 28.5 Å². The van der Waals surface area contributed by atoms with Gasteiger partial charge in [-0.05, 0) is 6.26 Å². The second kappa shape index (κ2) is 5.78. The fraction of sp³-hybridized carbons (Fsp3) is 0.200. The van der Waals surface area contributed by atoms with Crippen molar-refractivity contribution in [1.29, 1.82) is 0 Å². The van der Waals surface area contributed by atoms with E-state index in [1.54, 1.807) is 0 Å². The summed E-state index contributed by atoms with van der Waals surface area (Å²) in [6.07, 6.45) is 3.42. The molecule has 2 aromatic heterocycles. The molecular weight excluding hydrogens is 272 g/mol. The van der Waals surface area contributed by atoms with Crippen molar-refractivity contribution in [2.45, 2.75) is 11.6 Å². The van der Waals surface area contributed by atoms with Crippen molar-refractivity contribution in [3.8, 4) is 0 Å². The monoisotopic (exact) mass is 282 g/mol. The highest BCUT2D eigenvalue weighted by molar-refractivity contribution is 7.98. The second-order valence-electron chi connectivity index (χ2n) is 3.23. The van der Waals surface area contributed by atoms with E-state index in [1.165, 1.54) is 34.8 Å². The van der Waals surface area contributed by atoms with Crippen LogP contribution in [0, 0.1) is 0 Å². The van der Waals surface area contributed by atoms with E-state index in [1.807, 2.05) is 12.3 Å². The fourth-order valence-corrected chi connectivity index (χ4v) is 2.29. The number of carboxylic acids is 1. The van der Waals surface area contributed by atoms with Gasteiger partial charge in [-0.1, -0.05) is 0 Å². The first kappa shape index (κ1) is 12.8. The molecule has 0 saturated heterocycles. The average Bonchev–Trinajstić information content (AvgIpc) is 2.85. The van der Waals surface area contributed by atoms with Crippen molar-refractivity contribution >= 4 is 34.9 Å². The van der Waals surface area contributed by atoms with Crippen molar-refractivity contribution in [2.24, 2.45) is 0 Å². The van der Waals surface area contributed by atoms with Crippen LogP contribution in [0.1, 0.15) is 15.5 Å². The molecule has 8 heteroatoms. The molecule has 0 radical (unpaired) electrons. The standard InChI is InChI=1S/C10H10N4O2S2/c1-17-8-2-7(12-5-13-8)11-3-9-14-6(4-18-9)10(15)16/h2,4-5H,3H2,1H3,(H,15,16)(H,11,12,13). The third-order valence-electron chi connectivity index (χ3n) is 2.04. The molecule has 94 valence electrons. The maximum absolute atomic E-state index is 10.7. The Hall–Kier alpha value is -1.67. The van der Waals surface area contributed by atoms with Gasteiger partial charge >= 0.3 is 5.97 Å². The number of thiazole rings is 1. The van der Waals surface area contributed by atoms with Gasteiger partial charge in [0.05, 0.1) is 6.54 Å². The molecule has 0 aliphatic heterocycles. The Morgan fingerprint density at radius 2 is 2.39 bits per heavy atom. The summed E-state index contributed by atoms with van der Waals surface area (Å²) in [6, 6.07) is 1.83. The van der Waals surface area contributed by atoms with Crippen LogP contribution in [-0.4, -0.2) is 32.3 Å². The van der Waals surface area contributed by atoms with Crippen molar-refractivity contribution in [2.75, 3.05) is 11.6 Å². The number of nitrogens with zero attached hydrogens (tertiary/aromatic N) is 3. The quantitative estimate of drug-likeness (QED) is 0.640. The molecule has 0 unspecified atom stereocenters. The molecule has 0 saturated carbocycles. The van der Waals surface area contributed by atoms with Gasteiger partial charge in [-0.25, -0.2) is 19.7 Å². The zero-order valence-corrected chi connectivity index (χ0v) is 11.1. The summed E-state index contributed by atoms with van der Waals surface area (Å²) in [4.78, 5) is 22.8. The Balaban J connectivity index is 1.99. The molecule has 2 aromatic rings. The summed E-state index contributed by atoms with van der Waals surface area (Å²) in [5.74, 6) is -0.314. The number of anilines is 1. The first-order valence-electron chi connectivity index (χ1n) is 4.96. The maximum atomic E-state index is 10.7. The molecule has 0 spiro atoms. The van der Waals surface area contributed by atoms with E-state index in [4.69, 9.17) is 5.11 Å². The Kier molecular flexibility index (Phi) is 4.11. The number of thioether (sulfide) groups is 1. The second-order valence-corrected chi connectivity index (χ2v) is 5.00. The van der Waals surface area contributed by atoms with Gasteiger partial charge in [0.1, 0.15) is 22.2 Å². The van der Waals surface area contributed by atoms with Gasteiger partial charge in [0, 0.05) is 11.4 Å². The fourth-order valence-electron chi connectivity index (χ4n) is 1.20. The van der Waals surface area contributed by atoms with Crippen molar-refractivity contribution in [3.63, 3.8) is 0 Å². The lowest BCUT2D eigenvalue weighted by Crippen LogP contribution is -2.03. The van der Waals surface area contributed by atoms with Crippen LogP contribution in [-0.2, 0) is 6.54 Å². The minimum Gasteiger partial charge on any atom is -0.476 e. The molecule has 0 aliphatic rings. The lowest BCUT2D eigenvalue weighted by Gasteiger charge is -2.03. The van der Waals surface area contributed by atoms with E-state index in [0.717, 1.165) is 5.03 Å². The Labute approximate surface area is 112 Å². The first-order chi connectivity index (χ1) is 8.69. The largest absolute Gasteiger partial charge is 0.476 e. The Morgan fingerprint density at radius 1 is 1.56 bits per heavy atom. The molecule has 0 aromatic carbocycles. The molecule has 0 bridgehead atoms. The number of aromatic nitrogens is 3. The maximum Gasteiger partial charge on any atom is 0.355 e. The molecule has 2 N–H and O–H groups in total. The third kappa shape index (κ3) is 3.17. The zero-order chi connectivity index (χ0) is 13.0. The van der Waals surface area contributed by atoms with Gasteiger partial charge in [-0.2, -0.15) is 0 Å². The molecule has 18 heavy (non-hydrogen) atoms. The highest BCUT2D eigenvalue weighted by Crippen LogP contribution is 2.15. The molecule has 0 fully saturated rings. The number of hydrogen-bond donors (Lipinski definition) is 2. The summed E-state index contributed by atoms with van der Waals surface area (Å²) in [6.45, 7) is 0.447. The van der Waals surface area contributed by atoms with Crippen LogP contribution in [0.3, 0.4) is 0 Å². The van der Waals surface area contributed by atoms with E-state index in [-0.39, 0.29) is 5.69 Å². The van der Waals surface area contributed by atoms with E-state index in [9.17, 15) is 4.79 Å². The van der Waals surface area contributed by atoms with E-state index in [2.05, 4.69) is 20.3 Å².